The van der Waals surface area contributed by atoms with Crippen LogP contribution in [0.4, 0.5) is 0 Å². The van der Waals surface area contributed by atoms with Crippen molar-refractivity contribution in [1.29, 1.82) is 0 Å². The molecule has 5 nitrogen and oxygen atoms in total. The van der Waals surface area contributed by atoms with E-state index in [4.69, 9.17) is 0 Å². The Morgan fingerprint density at radius 3 is 2.50 bits per heavy atom. The maximum atomic E-state index is 12.3. The van der Waals surface area contributed by atoms with E-state index in [1.807, 2.05) is 17.2 Å². The van der Waals surface area contributed by atoms with Crippen LogP contribution in [-0.4, -0.2) is 52.5 Å². The smallest absolute Gasteiger partial charge is 0.307 e. The van der Waals surface area contributed by atoms with Crippen molar-refractivity contribution >= 4 is 17.2 Å². The highest BCUT2D eigenvalue weighted by molar-refractivity contribution is 7.07. The molecule has 122 valence electrons. The zero-order chi connectivity index (χ0) is 15.5. The van der Waals surface area contributed by atoms with Gasteiger partial charge in [-0.2, -0.15) is 0 Å². The van der Waals surface area contributed by atoms with Crippen molar-refractivity contribution in [3.05, 3.63) is 20.7 Å². The number of aromatic nitrogens is 1. The van der Waals surface area contributed by atoms with Crippen molar-refractivity contribution in [2.24, 2.45) is 0 Å². The first-order valence-corrected chi connectivity index (χ1v) is 9.20. The summed E-state index contributed by atoms with van der Waals surface area (Å²) in [6, 6.07) is 0.754. The predicted octanol–water partition coefficient (Wildman–Crippen LogP) is 1.70. The van der Waals surface area contributed by atoms with Gasteiger partial charge in [0.2, 0.25) is 5.91 Å². The van der Waals surface area contributed by atoms with Crippen molar-refractivity contribution in [3.8, 4) is 0 Å². The van der Waals surface area contributed by atoms with Crippen LogP contribution in [0.2, 0.25) is 0 Å². The number of amides is 1. The minimum absolute atomic E-state index is 0.0383. The summed E-state index contributed by atoms with van der Waals surface area (Å²) >= 11 is 1.21. The molecule has 1 aliphatic heterocycles. The first-order valence-electron chi connectivity index (χ1n) is 8.32. The molecule has 0 bridgehead atoms. The third kappa shape index (κ3) is 3.43. The van der Waals surface area contributed by atoms with Crippen LogP contribution in [0, 0.1) is 6.92 Å². The van der Waals surface area contributed by atoms with Crippen molar-refractivity contribution < 1.29 is 4.79 Å². The van der Waals surface area contributed by atoms with Crippen LogP contribution in [0.1, 0.15) is 37.8 Å². The molecule has 2 aliphatic rings. The van der Waals surface area contributed by atoms with Crippen LogP contribution in [0.3, 0.4) is 0 Å². The fraction of sp³-hybridized carbons (Fsp3) is 0.750. The molecule has 1 aromatic rings. The number of nitrogens with zero attached hydrogens (tertiary/aromatic N) is 3. The van der Waals surface area contributed by atoms with Crippen LogP contribution in [0.5, 0.6) is 0 Å². The SMILES string of the molecule is Cc1csc(=O)n1CCC(=O)N1CCN(C2CCCC2)CC1. The zero-order valence-electron chi connectivity index (χ0n) is 13.3. The molecule has 3 rings (SSSR count). The zero-order valence-corrected chi connectivity index (χ0v) is 14.1. The van der Waals surface area contributed by atoms with E-state index >= 15 is 0 Å². The monoisotopic (exact) mass is 323 g/mol. The average molecular weight is 323 g/mol. The number of hydrogen-bond donors (Lipinski definition) is 0. The minimum Gasteiger partial charge on any atom is -0.340 e. The summed E-state index contributed by atoms with van der Waals surface area (Å²) in [5.41, 5.74) is 0.953. The lowest BCUT2D eigenvalue weighted by atomic mass is 10.1. The van der Waals surface area contributed by atoms with Crippen molar-refractivity contribution in [1.82, 2.24) is 14.4 Å². The van der Waals surface area contributed by atoms with Gasteiger partial charge in [-0.05, 0) is 19.8 Å². The minimum atomic E-state index is 0.0383. The van der Waals surface area contributed by atoms with Gasteiger partial charge in [-0.25, -0.2) is 0 Å². The molecule has 22 heavy (non-hydrogen) atoms. The van der Waals surface area contributed by atoms with E-state index in [1.54, 1.807) is 4.57 Å². The van der Waals surface area contributed by atoms with Gasteiger partial charge in [-0.15, -0.1) is 0 Å². The van der Waals surface area contributed by atoms with E-state index in [2.05, 4.69) is 4.90 Å². The lowest BCUT2D eigenvalue weighted by Crippen LogP contribution is -2.51. The molecular weight excluding hydrogens is 298 g/mol. The Morgan fingerprint density at radius 1 is 1.23 bits per heavy atom. The average Bonchev–Trinajstić information content (AvgIpc) is 3.17. The summed E-state index contributed by atoms with van der Waals surface area (Å²) in [5, 5.41) is 1.85. The molecule has 2 fully saturated rings. The van der Waals surface area contributed by atoms with Crippen molar-refractivity contribution in [2.75, 3.05) is 26.2 Å². The number of carbonyl (C=O) groups excluding carboxylic acids is 1. The van der Waals surface area contributed by atoms with Crippen molar-refractivity contribution in [3.63, 3.8) is 0 Å². The Kier molecular flexibility index (Phi) is 4.98. The van der Waals surface area contributed by atoms with Gasteiger partial charge in [0.25, 0.3) is 0 Å². The molecule has 1 saturated carbocycles. The van der Waals surface area contributed by atoms with Crippen LogP contribution < -0.4 is 4.87 Å². The highest BCUT2D eigenvalue weighted by Crippen LogP contribution is 2.24. The van der Waals surface area contributed by atoms with Crippen LogP contribution in [-0.2, 0) is 11.3 Å². The van der Waals surface area contributed by atoms with E-state index in [0.717, 1.165) is 37.9 Å². The molecule has 1 aliphatic carbocycles. The molecule has 0 N–H and O–H groups in total. The second-order valence-electron chi connectivity index (χ2n) is 6.40. The highest BCUT2D eigenvalue weighted by Gasteiger charge is 2.27. The Balaban J connectivity index is 1.46. The lowest BCUT2D eigenvalue weighted by Gasteiger charge is -2.38. The van der Waals surface area contributed by atoms with Gasteiger partial charge in [0.1, 0.15) is 0 Å². The number of piperazine rings is 1. The standard InChI is InChI=1S/C16H25N3O2S/c1-13-12-22-16(21)19(13)7-6-15(20)18-10-8-17(9-11-18)14-4-2-3-5-14/h12,14H,2-11H2,1H3. The Morgan fingerprint density at radius 2 is 1.91 bits per heavy atom. The largest absolute Gasteiger partial charge is 0.340 e. The Bertz CT molecular complexity index is 566. The van der Waals surface area contributed by atoms with Crippen LogP contribution in [0.25, 0.3) is 0 Å². The lowest BCUT2D eigenvalue weighted by molar-refractivity contribution is -0.133. The summed E-state index contributed by atoms with van der Waals surface area (Å²) in [5.74, 6) is 0.184. The number of carbonyl (C=O) groups is 1. The third-order valence-electron chi connectivity index (χ3n) is 5.03. The highest BCUT2D eigenvalue weighted by atomic mass is 32.1. The summed E-state index contributed by atoms with van der Waals surface area (Å²) in [7, 11) is 0. The molecule has 1 saturated heterocycles. The van der Waals surface area contributed by atoms with Gasteiger partial charge in [0.05, 0.1) is 0 Å². The molecule has 0 unspecified atom stereocenters. The van der Waals surface area contributed by atoms with E-state index in [9.17, 15) is 9.59 Å². The molecule has 0 aromatic carbocycles. The molecule has 1 amide bonds. The Hall–Kier alpha value is -1.14. The number of rotatable bonds is 4. The molecule has 0 spiro atoms. The van der Waals surface area contributed by atoms with Gasteiger partial charge >= 0.3 is 4.87 Å². The van der Waals surface area contributed by atoms with E-state index in [0.29, 0.717) is 13.0 Å². The predicted molar refractivity (Wildman–Crippen MR) is 88.3 cm³/mol. The Labute approximate surface area is 135 Å². The molecule has 0 atom stereocenters. The van der Waals surface area contributed by atoms with Gasteiger partial charge in [-0.1, -0.05) is 24.2 Å². The molecule has 0 radical (unpaired) electrons. The number of aryl methyl sites for hydroxylation is 1. The fourth-order valence-electron chi connectivity index (χ4n) is 3.65. The van der Waals surface area contributed by atoms with Gasteiger partial charge in [0.15, 0.2) is 0 Å². The maximum absolute atomic E-state index is 12.3. The van der Waals surface area contributed by atoms with Gasteiger partial charge in [-0.3, -0.25) is 14.5 Å². The second-order valence-corrected chi connectivity index (χ2v) is 7.22. The van der Waals surface area contributed by atoms with Crippen LogP contribution >= 0.6 is 11.3 Å². The topological polar surface area (TPSA) is 45.6 Å². The molecule has 6 heteroatoms. The second kappa shape index (κ2) is 6.96. The quantitative estimate of drug-likeness (QED) is 0.847. The van der Waals surface area contributed by atoms with E-state index in [-0.39, 0.29) is 10.8 Å². The molecule has 2 heterocycles. The summed E-state index contributed by atoms with van der Waals surface area (Å²) in [6.07, 6.45) is 5.81. The number of thiazole rings is 1. The summed E-state index contributed by atoms with van der Waals surface area (Å²) < 4.78 is 1.71. The van der Waals surface area contributed by atoms with Gasteiger partial charge < -0.3 is 9.47 Å². The first-order chi connectivity index (χ1) is 10.6. The molecular formula is C16H25N3O2S. The normalized spacial score (nSPS) is 20.7. The fourth-order valence-corrected chi connectivity index (χ4v) is 4.41. The van der Waals surface area contributed by atoms with Crippen LogP contribution in [0.15, 0.2) is 10.2 Å². The first kappa shape index (κ1) is 15.7. The van der Waals surface area contributed by atoms with Crippen molar-refractivity contribution in [2.45, 2.75) is 51.6 Å². The van der Waals surface area contributed by atoms with E-state index in [1.165, 1.54) is 37.0 Å². The summed E-state index contributed by atoms with van der Waals surface area (Å²) in [4.78, 5) is 28.6. The van der Waals surface area contributed by atoms with Gasteiger partial charge in [0, 0.05) is 56.3 Å². The maximum Gasteiger partial charge on any atom is 0.307 e. The number of hydrogen-bond acceptors (Lipinski definition) is 4. The third-order valence-corrected chi connectivity index (χ3v) is 5.91. The molecule has 1 aromatic heterocycles. The summed E-state index contributed by atoms with van der Waals surface area (Å²) in [6.45, 7) is 6.12. The van der Waals surface area contributed by atoms with E-state index < -0.39 is 0 Å².